The van der Waals surface area contributed by atoms with Crippen LogP contribution in [0.25, 0.3) is 0 Å². The molecule has 0 aromatic heterocycles. The van der Waals surface area contributed by atoms with Crippen LogP contribution >= 0.6 is 0 Å². The summed E-state index contributed by atoms with van der Waals surface area (Å²) in [5.74, 6) is 2.19. The van der Waals surface area contributed by atoms with E-state index in [2.05, 4.69) is 38.2 Å². The third-order valence-electron chi connectivity index (χ3n) is 9.56. The Bertz CT molecular complexity index is 848. The third-order valence-corrected chi connectivity index (χ3v) is 9.56. The van der Waals surface area contributed by atoms with Gasteiger partial charge in [-0.2, -0.15) is 0 Å². The lowest BCUT2D eigenvalue weighted by Crippen LogP contribution is -2.56. The first-order valence-corrected chi connectivity index (χ1v) is 11.9. The Labute approximate surface area is 180 Å². The molecular weight excluding hydrogens is 374 g/mol. The largest absolute Gasteiger partial charge is 0.462 e. The number of esters is 1. The first kappa shape index (κ1) is 20.1. The SMILES string of the molecule is Cc1ccc(NC(=O)[C@H]2CC[C@H]3[C@@H]4CC[C@H]5OC(=O)CC[C@]5(C)[C@H]4CC[C@]23C)cc1. The van der Waals surface area contributed by atoms with E-state index in [-0.39, 0.29) is 34.7 Å². The number of benzene rings is 1. The second-order valence-electron chi connectivity index (χ2n) is 11.0. The number of nitrogens with one attached hydrogen (secondary N) is 1. The van der Waals surface area contributed by atoms with Gasteiger partial charge in [0.05, 0.1) is 0 Å². The molecule has 0 bridgehead atoms. The predicted octanol–water partition coefficient (Wildman–Crippen LogP) is 5.50. The first-order valence-electron chi connectivity index (χ1n) is 11.9. The van der Waals surface area contributed by atoms with E-state index in [4.69, 9.17) is 4.74 Å². The average Bonchev–Trinajstić information content (AvgIpc) is 3.07. The minimum absolute atomic E-state index is 0.00900. The fourth-order valence-corrected chi connectivity index (χ4v) is 7.85. The number of rotatable bonds is 2. The highest BCUT2D eigenvalue weighted by atomic mass is 16.5. The van der Waals surface area contributed by atoms with Gasteiger partial charge in [0.25, 0.3) is 0 Å². The Hall–Kier alpha value is -1.84. The van der Waals surface area contributed by atoms with Crippen LogP contribution in [0.2, 0.25) is 0 Å². The molecule has 162 valence electrons. The molecular formula is C26H35NO3. The lowest BCUT2D eigenvalue weighted by atomic mass is 9.47. The molecule has 1 aliphatic heterocycles. The molecule has 0 spiro atoms. The lowest BCUT2D eigenvalue weighted by molar-refractivity contribution is -0.192. The standard InChI is InChI=1S/C26H35NO3/c1-16-4-6-17(7-5-16)27-24(29)21-10-9-19-18-8-11-22-26(3,15-13-23(28)30-22)20(18)12-14-25(19,21)2/h4-7,18-22H,8-15H2,1-3H3,(H,27,29)/t18-,19-,20-,21+,22+,25-,26+/m0/s1. The molecule has 3 aliphatic carbocycles. The maximum atomic E-state index is 13.3. The molecule has 1 N–H and O–H groups in total. The summed E-state index contributed by atoms with van der Waals surface area (Å²) in [6.07, 6.45) is 8.21. The van der Waals surface area contributed by atoms with Gasteiger partial charge >= 0.3 is 5.97 Å². The zero-order chi connectivity index (χ0) is 21.1. The Balaban J connectivity index is 1.34. The smallest absolute Gasteiger partial charge is 0.306 e. The van der Waals surface area contributed by atoms with E-state index in [9.17, 15) is 9.59 Å². The summed E-state index contributed by atoms with van der Waals surface area (Å²) in [7, 11) is 0. The normalized spacial score (nSPS) is 42.5. The number of hydrogen-bond acceptors (Lipinski definition) is 3. The molecule has 4 aliphatic rings. The van der Waals surface area contributed by atoms with Gasteiger partial charge in [-0.1, -0.05) is 31.5 Å². The quantitative estimate of drug-likeness (QED) is 0.657. The van der Waals surface area contributed by atoms with E-state index in [1.165, 1.54) is 5.56 Å². The van der Waals surface area contributed by atoms with Crippen molar-refractivity contribution in [3.63, 3.8) is 0 Å². The van der Waals surface area contributed by atoms with E-state index in [0.717, 1.165) is 50.6 Å². The van der Waals surface area contributed by atoms with Crippen LogP contribution in [-0.2, 0) is 14.3 Å². The van der Waals surface area contributed by atoms with E-state index in [0.29, 0.717) is 24.2 Å². The second kappa shape index (κ2) is 7.10. The van der Waals surface area contributed by atoms with Gasteiger partial charge in [0.2, 0.25) is 5.91 Å². The molecule has 1 aromatic carbocycles. The Morgan fingerprint density at radius 2 is 1.70 bits per heavy atom. The zero-order valence-corrected chi connectivity index (χ0v) is 18.6. The molecule has 1 saturated heterocycles. The summed E-state index contributed by atoms with van der Waals surface area (Å²) >= 11 is 0. The highest BCUT2D eigenvalue weighted by molar-refractivity contribution is 5.93. The summed E-state index contributed by atoms with van der Waals surface area (Å²) in [4.78, 5) is 25.2. The third kappa shape index (κ3) is 3.01. The fourth-order valence-electron chi connectivity index (χ4n) is 7.85. The van der Waals surface area contributed by atoms with Crippen LogP contribution < -0.4 is 5.32 Å². The number of carbonyl (C=O) groups excluding carboxylic acids is 2. The zero-order valence-electron chi connectivity index (χ0n) is 18.6. The van der Waals surface area contributed by atoms with Gasteiger partial charge in [-0.3, -0.25) is 9.59 Å². The molecule has 1 heterocycles. The van der Waals surface area contributed by atoms with Crippen molar-refractivity contribution in [1.82, 2.24) is 0 Å². The summed E-state index contributed by atoms with van der Waals surface area (Å²) < 4.78 is 5.81. The Morgan fingerprint density at radius 3 is 2.47 bits per heavy atom. The molecule has 4 fully saturated rings. The van der Waals surface area contributed by atoms with Gasteiger partial charge in [0, 0.05) is 23.4 Å². The number of amides is 1. The highest BCUT2D eigenvalue weighted by Gasteiger charge is 2.62. The molecule has 4 nitrogen and oxygen atoms in total. The van der Waals surface area contributed by atoms with Crippen molar-refractivity contribution in [1.29, 1.82) is 0 Å². The van der Waals surface area contributed by atoms with Crippen LogP contribution in [0, 0.1) is 41.4 Å². The number of ether oxygens (including phenoxy) is 1. The fraction of sp³-hybridized carbons (Fsp3) is 0.692. The van der Waals surface area contributed by atoms with Gasteiger partial charge in [-0.15, -0.1) is 0 Å². The van der Waals surface area contributed by atoms with E-state index in [1.807, 2.05) is 12.1 Å². The van der Waals surface area contributed by atoms with Crippen LogP contribution in [0.15, 0.2) is 24.3 Å². The van der Waals surface area contributed by atoms with Crippen molar-refractivity contribution >= 4 is 17.6 Å². The minimum Gasteiger partial charge on any atom is -0.462 e. The molecule has 1 aromatic rings. The Morgan fingerprint density at radius 1 is 0.967 bits per heavy atom. The number of anilines is 1. The van der Waals surface area contributed by atoms with Gasteiger partial charge in [-0.25, -0.2) is 0 Å². The van der Waals surface area contributed by atoms with Gasteiger partial charge in [0.15, 0.2) is 0 Å². The molecule has 30 heavy (non-hydrogen) atoms. The predicted molar refractivity (Wildman–Crippen MR) is 117 cm³/mol. The summed E-state index contributed by atoms with van der Waals surface area (Å²) in [5.41, 5.74) is 2.32. The van der Waals surface area contributed by atoms with E-state index < -0.39 is 0 Å². The topological polar surface area (TPSA) is 55.4 Å². The van der Waals surface area contributed by atoms with Crippen molar-refractivity contribution in [2.75, 3.05) is 5.32 Å². The molecule has 0 radical (unpaired) electrons. The second-order valence-corrected chi connectivity index (χ2v) is 11.0. The molecule has 1 amide bonds. The first-order chi connectivity index (χ1) is 14.3. The van der Waals surface area contributed by atoms with E-state index >= 15 is 0 Å². The lowest BCUT2D eigenvalue weighted by Gasteiger charge is -2.59. The molecule has 7 atom stereocenters. The maximum absolute atomic E-state index is 13.3. The number of fused-ring (bicyclic) bond motifs is 5. The average molecular weight is 410 g/mol. The molecule has 0 unspecified atom stereocenters. The number of aryl methyl sites for hydroxylation is 1. The van der Waals surface area contributed by atoms with Crippen LogP contribution in [0.3, 0.4) is 0 Å². The molecule has 3 saturated carbocycles. The highest BCUT2D eigenvalue weighted by Crippen LogP contribution is 2.66. The van der Waals surface area contributed by atoms with E-state index in [1.54, 1.807) is 0 Å². The van der Waals surface area contributed by atoms with Gasteiger partial charge < -0.3 is 10.1 Å². The van der Waals surface area contributed by atoms with Gasteiger partial charge in [0.1, 0.15) is 6.10 Å². The van der Waals surface area contributed by atoms with Crippen LogP contribution in [0.5, 0.6) is 0 Å². The molecule has 4 heteroatoms. The summed E-state index contributed by atoms with van der Waals surface area (Å²) in [6.45, 7) is 6.82. The minimum atomic E-state index is -0.00900. The van der Waals surface area contributed by atoms with Crippen molar-refractivity contribution in [2.45, 2.75) is 78.2 Å². The van der Waals surface area contributed by atoms with Crippen molar-refractivity contribution in [3.8, 4) is 0 Å². The number of hydrogen-bond donors (Lipinski definition) is 1. The monoisotopic (exact) mass is 409 g/mol. The molecule has 5 rings (SSSR count). The van der Waals surface area contributed by atoms with Crippen LogP contribution in [0.1, 0.15) is 70.8 Å². The van der Waals surface area contributed by atoms with Crippen molar-refractivity contribution < 1.29 is 14.3 Å². The van der Waals surface area contributed by atoms with Crippen LogP contribution in [-0.4, -0.2) is 18.0 Å². The van der Waals surface area contributed by atoms with Crippen LogP contribution in [0.4, 0.5) is 5.69 Å². The van der Waals surface area contributed by atoms with Crippen molar-refractivity contribution in [2.24, 2.45) is 34.5 Å². The van der Waals surface area contributed by atoms with Crippen molar-refractivity contribution in [3.05, 3.63) is 29.8 Å². The summed E-state index contributed by atoms with van der Waals surface area (Å²) in [5, 5.41) is 3.20. The summed E-state index contributed by atoms with van der Waals surface area (Å²) in [6, 6.07) is 8.11. The van der Waals surface area contributed by atoms with Gasteiger partial charge in [-0.05, 0) is 87.2 Å². The maximum Gasteiger partial charge on any atom is 0.306 e. The Kier molecular flexibility index (Phi) is 4.75. The number of carbonyl (C=O) groups is 2.